The van der Waals surface area contributed by atoms with Crippen molar-refractivity contribution in [2.75, 3.05) is 0 Å². The summed E-state index contributed by atoms with van der Waals surface area (Å²) in [5, 5.41) is 3.08. The summed E-state index contributed by atoms with van der Waals surface area (Å²) in [7, 11) is 1.67. The maximum atomic E-state index is 11.4. The van der Waals surface area contributed by atoms with E-state index < -0.39 is 0 Å². The Morgan fingerprint density at radius 3 is 3.00 bits per heavy atom. The first-order valence-corrected chi connectivity index (χ1v) is 6.12. The average molecular weight is 267 g/mol. The number of fused-ring (bicyclic) bond motifs is 1. The summed E-state index contributed by atoms with van der Waals surface area (Å²) in [5.74, 6) is -0.366. The lowest BCUT2D eigenvalue weighted by atomic mass is 10.2. The van der Waals surface area contributed by atoms with Crippen LogP contribution in [-0.4, -0.2) is 9.55 Å². The fourth-order valence-electron chi connectivity index (χ4n) is 1.65. The Labute approximate surface area is 105 Å². The van der Waals surface area contributed by atoms with Crippen LogP contribution in [-0.2, 0) is 7.05 Å². The molecule has 0 saturated heterocycles. The summed E-state index contributed by atoms with van der Waals surface area (Å²) in [5.41, 5.74) is 2.24. The van der Waals surface area contributed by atoms with E-state index >= 15 is 0 Å². The molecule has 3 rings (SSSR count). The van der Waals surface area contributed by atoms with Crippen LogP contribution in [0.2, 0.25) is 5.15 Å². The minimum absolute atomic E-state index is 0.366. The van der Waals surface area contributed by atoms with Crippen LogP contribution in [0.3, 0.4) is 0 Å². The highest BCUT2D eigenvalue weighted by Gasteiger charge is 2.09. The Morgan fingerprint density at radius 1 is 1.47 bits per heavy atom. The molecule has 2 heterocycles. The molecule has 0 spiro atoms. The second kappa shape index (κ2) is 3.72. The standard InChI is InChI=1S/C11H7ClN2O2S/c1-14-7-4-6(10-13-9(12)5-17-10)2-3-8(7)16-11(14)15/h2-5H,1H3. The molecule has 2 aromatic heterocycles. The van der Waals surface area contributed by atoms with Crippen LogP contribution >= 0.6 is 22.9 Å². The molecule has 0 aliphatic carbocycles. The molecule has 0 amide bonds. The summed E-state index contributed by atoms with van der Waals surface area (Å²) in [6.45, 7) is 0. The van der Waals surface area contributed by atoms with Gasteiger partial charge in [-0.1, -0.05) is 11.6 Å². The van der Waals surface area contributed by atoms with Crippen molar-refractivity contribution in [1.29, 1.82) is 0 Å². The van der Waals surface area contributed by atoms with Crippen LogP contribution < -0.4 is 5.76 Å². The van der Waals surface area contributed by atoms with Crippen molar-refractivity contribution < 1.29 is 4.42 Å². The van der Waals surface area contributed by atoms with E-state index in [4.69, 9.17) is 16.0 Å². The predicted molar refractivity (Wildman–Crippen MR) is 67.6 cm³/mol. The van der Waals surface area contributed by atoms with Crippen LogP contribution in [0.4, 0.5) is 0 Å². The number of hydrogen-bond donors (Lipinski definition) is 0. The van der Waals surface area contributed by atoms with Crippen molar-refractivity contribution in [2.24, 2.45) is 7.05 Å². The molecule has 0 unspecified atom stereocenters. The Morgan fingerprint density at radius 2 is 2.29 bits per heavy atom. The second-order valence-electron chi connectivity index (χ2n) is 3.58. The van der Waals surface area contributed by atoms with Gasteiger partial charge in [-0.3, -0.25) is 4.57 Å². The maximum Gasteiger partial charge on any atom is 0.419 e. The lowest BCUT2D eigenvalue weighted by Gasteiger charge is -1.96. The van der Waals surface area contributed by atoms with Crippen LogP contribution in [0.25, 0.3) is 21.7 Å². The molecule has 1 aromatic carbocycles. The third kappa shape index (κ3) is 1.67. The van der Waals surface area contributed by atoms with Crippen molar-refractivity contribution >= 4 is 34.0 Å². The van der Waals surface area contributed by atoms with Crippen molar-refractivity contribution in [1.82, 2.24) is 9.55 Å². The molecule has 0 aliphatic heterocycles. The minimum Gasteiger partial charge on any atom is -0.408 e. The molecular formula is C11H7ClN2O2S. The summed E-state index contributed by atoms with van der Waals surface area (Å²) in [6, 6.07) is 5.50. The summed E-state index contributed by atoms with van der Waals surface area (Å²) in [4.78, 5) is 15.5. The zero-order valence-electron chi connectivity index (χ0n) is 8.81. The second-order valence-corrected chi connectivity index (χ2v) is 4.83. The van der Waals surface area contributed by atoms with E-state index in [9.17, 15) is 4.79 Å². The molecule has 0 aliphatic rings. The molecule has 0 atom stereocenters. The van der Waals surface area contributed by atoms with Crippen LogP contribution in [0.5, 0.6) is 0 Å². The highest BCUT2D eigenvalue weighted by molar-refractivity contribution is 7.13. The summed E-state index contributed by atoms with van der Waals surface area (Å²) in [6.07, 6.45) is 0. The molecule has 86 valence electrons. The first-order chi connectivity index (χ1) is 8.15. The highest BCUT2D eigenvalue weighted by Crippen LogP contribution is 2.28. The molecule has 0 N–H and O–H groups in total. The Hall–Kier alpha value is -1.59. The first kappa shape index (κ1) is 10.6. The molecule has 0 fully saturated rings. The van der Waals surface area contributed by atoms with Gasteiger partial charge in [-0.15, -0.1) is 11.3 Å². The van der Waals surface area contributed by atoms with Gasteiger partial charge in [0.05, 0.1) is 5.52 Å². The molecule has 0 radical (unpaired) electrons. The van der Waals surface area contributed by atoms with Gasteiger partial charge in [0, 0.05) is 18.0 Å². The number of halogens is 1. The molecule has 4 nitrogen and oxygen atoms in total. The largest absolute Gasteiger partial charge is 0.419 e. The zero-order valence-corrected chi connectivity index (χ0v) is 10.4. The van der Waals surface area contributed by atoms with E-state index in [0.29, 0.717) is 10.7 Å². The quantitative estimate of drug-likeness (QED) is 0.680. The highest BCUT2D eigenvalue weighted by atomic mass is 35.5. The van der Waals surface area contributed by atoms with Gasteiger partial charge in [0.2, 0.25) is 0 Å². The number of aromatic nitrogens is 2. The average Bonchev–Trinajstić information content (AvgIpc) is 2.85. The van der Waals surface area contributed by atoms with Crippen molar-refractivity contribution in [3.63, 3.8) is 0 Å². The SMILES string of the molecule is Cn1c(=O)oc2ccc(-c3nc(Cl)cs3)cc21. The van der Waals surface area contributed by atoms with Gasteiger partial charge >= 0.3 is 5.76 Å². The molecule has 0 bridgehead atoms. The van der Waals surface area contributed by atoms with Crippen molar-refractivity contribution in [3.8, 4) is 10.6 Å². The first-order valence-electron chi connectivity index (χ1n) is 4.86. The smallest absolute Gasteiger partial charge is 0.408 e. The van der Waals surface area contributed by atoms with Gasteiger partial charge in [-0.2, -0.15) is 0 Å². The van der Waals surface area contributed by atoms with E-state index in [-0.39, 0.29) is 5.76 Å². The van der Waals surface area contributed by atoms with E-state index in [1.165, 1.54) is 15.9 Å². The monoisotopic (exact) mass is 266 g/mol. The predicted octanol–water partition coefficient (Wildman–Crippen LogP) is 2.91. The van der Waals surface area contributed by atoms with Crippen molar-refractivity contribution in [3.05, 3.63) is 39.3 Å². The lowest BCUT2D eigenvalue weighted by Crippen LogP contribution is -2.08. The van der Waals surface area contributed by atoms with Crippen LogP contribution in [0.1, 0.15) is 0 Å². The number of benzene rings is 1. The zero-order chi connectivity index (χ0) is 12.0. The number of aryl methyl sites for hydroxylation is 1. The van der Waals surface area contributed by atoms with E-state index in [0.717, 1.165) is 16.1 Å². The molecule has 17 heavy (non-hydrogen) atoms. The van der Waals surface area contributed by atoms with Gasteiger partial charge in [-0.25, -0.2) is 9.78 Å². The molecule has 0 saturated carbocycles. The number of thiazole rings is 1. The maximum absolute atomic E-state index is 11.4. The Kier molecular flexibility index (Phi) is 2.31. The lowest BCUT2D eigenvalue weighted by molar-refractivity contribution is 0.528. The third-order valence-corrected chi connectivity index (χ3v) is 3.73. The fourth-order valence-corrected chi connectivity index (χ4v) is 2.59. The van der Waals surface area contributed by atoms with Gasteiger partial charge in [0.1, 0.15) is 10.2 Å². The number of rotatable bonds is 1. The van der Waals surface area contributed by atoms with Crippen molar-refractivity contribution in [2.45, 2.75) is 0 Å². The van der Waals surface area contributed by atoms with Gasteiger partial charge in [0.25, 0.3) is 0 Å². The third-order valence-electron chi connectivity index (χ3n) is 2.51. The normalized spacial score (nSPS) is 11.2. The van der Waals surface area contributed by atoms with E-state index in [1.54, 1.807) is 18.5 Å². The fraction of sp³-hybridized carbons (Fsp3) is 0.0909. The van der Waals surface area contributed by atoms with Crippen LogP contribution in [0.15, 0.2) is 32.8 Å². The van der Waals surface area contributed by atoms with Gasteiger partial charge in [0.15, 0.2) is 5.58 Å². The van der Waals surface area contributed by atoms with E-state index in [2.05, 4.69) is 4.98 Å². The molecule has 6 heteroatoms. The number of hydrogen-bond acceptors (Lipinski definition) is 4. The topological polar surface area (TPSA) is 48.0 Å². The van der Waals surface area contributed by atoms with E-state index in [1.807, 2.05) is 12.1 Å². The minimum atomic E-state index is -0.366. The van der Waals surface area contributed by atoms with Crippen LogP contribution in [0, 0.1) is 0 Å². The molecule has 3 aromatic rings. The summed E-state index contributed by atoms with van der Waals surface area (Å²) < 4.78 is 6.53. The summed E-state index contributed by atoms with van der Waals surface area (Å²) >= 11 is 7.25. The Bertz CT molecular complexity index is 756. The molecular weight excluding hydrogens is 260 g/mol. The number of oxazole rings is 1. The number of nitrogens with zero attached hydrogens (tertiary/aromatic N) is 2. The van der Waals surface area contributed by atoms with Gasteiger partial charge in [-0.05, 0) is 18.2 Å². The van der Waals surface area contributed by atoms with Gasteiger partial charge < -0.3 is 4.42 Å². The Balaban J connectivity index is 2.25.